The fourth-order valence-corrected chi connectivity index (χ4v) is 7.01. The van der Waals surface area contributed by atoms with E-state index in [1.165, 1.54) is 0 Å². The van der Waals surface area contributed by atoms with E-state index in [1.807, 2.05) is 0 Å². The van der Waals surface area contributed by atoms with E-state index in [0.717, 1.165) is 52.7 Å². The normalized spacial score (nSPS) is 16.3. The molecule has 0 N–H and O–H groups in total. The van der Waals surface area contributed by atoms with Gasteiger partial charge >= 0.3 is 43.2 Å². The highest BCUT2D eigenvalue weighted by Crippen LogP contribution is 2.40. The predicted octanol–water partition coefficient (Wildman–Crippen LogP) is 4.34. The van der Waals surface area contributed by atoms with Crippen LogP contribution in [0.25, 0.3) is 0 Å². The van der Waals surface area contributed by atoms with Crippen molar-refractivity contribution in [2.75, 3.05) is 41.7 Å². The van der Waals surface area contributed by atoms with Gasteiger partial charge in [0.2, 0.25) is 0 Å². The molecule has 368 valence electrons. The lowest BCUT2D eigenvalue weighted by Crippen LogP contribution is -2.39. The fourth-order valence-electron chi connectivity index (χ4n) is 6.04. The number of methoxy groups -OCH3 is 4. The number of nitrogens with zero attached hydrogens (tertiary/aromatic N) is 4. The Morgan fingerprint density at radius 2 is 0.955 bits per heavy atom. The number of benzene rings is 2. The molecular weight excluding hydrogens is 975 g/mol. The van der Waals surface area contributed by atoms with Gasteiger partial charge in [0.1, 0.15) is 34.7 Å². The number of nitro groups is 2. The van der Waals surface area contributed by atoms with E-state index in [-0.39, 0.29) is 55.5 Å². The zero-order chi connectivity index (χ0) is 50.4. The number of nitro benzene ring substituents is 2. The van der Waals surface area contributed by atoms with E-state index < -0.39 is 124 Å². The third-order valence-corrected chi connectivity index (χ3v) is 11.2. The summed E-state index contributed by atoms with van der Waals surface area (Å²) in [6, 6.07) is -0.384. The molecule has 4 rings (SSSR count). The molecule has 2 amide bonds. The van der Waals surface area contributed by atoms with Crippen molar-refractivity contribution in [1.82, 2.24) is 9.80 Å². The number of carbonyl (C=O) groups is 4. The van der Waals surface area contributed by atoms with Gasteiger partial charge < -0.3 is 36.8 Å². The van der Waals surface area contributed by atoms with Crippen molar-refractivity contribution in [2.45, 2.75) is 55.2 Å². The van der Waals surface area contributed by atoms with Crippen LogP contribution in [0.2, 0.25) is 0 Å². The number of amides is 2. The minimum absolute atomic E-state index is 0.160. The summed E-state index contributed by atoms with van der Waals surface area (Å²) in [6.45, 7) is -0.320. The Balaban J connectivity index is 1.45. The van der Waals surface area contributed by atoms with Crippen LogP contribution in [0, 0.1) is 20.2 Å². The lowest BCUT2D eigenvalue weighted by molar-refractivity contribution is -0.385. The summed E-state index contributed by atoms with van der Waals surface area (Å²) in [7, 11) is -8.61. The largest absolute Gasteiger partial charge is 0.534 e. The average Bonchev–Trinajstić information content (AvgIpc) is 3.87. The van der Waals surface area contributed by atoms with Gasteiger partial charge in [-0.3, -0.25) is 39.6 Å². The molecule has 2 aliphatic heterocycles. The number of alkyl halides is 6. The SMILES string of the molecule is COC(=O)C1CC(OS(=O)(=O)C(F)(F)F)=CN1C(=O)c1cc(OC)c(OCCCCCOc2cc([N+](=O)[O-])c(C(=O)N3C=C(OS(=O)(=O)C(F)(F)F)CC3C(=O)OC)cc2OC)cc1[N+](=O)[O-]. The third kappa shape index (κ3) is 11.8. The van der Waals surface area contributed by atoms with Crippen molar-refractivity contribution in [2.24, 2.45) is 0 Å². The minimum Gasteiger partial charge on any atom is -0.493 e. The first kappa shape index (κ1) is 52.5. The number of hydrogen-bond acceptors (Lipinski definition) is 20. The van der Waals surface area contributed by atoms with Gasteiger partial charge in [-0.2, -0.15) is 43.2 Å². The van der Waals surface area contributed by atoms with Gasteiger partial charge in [-0.25, -0.2) is 9.59 Å². The molecule has 2 atom stereocenters. The summed E-state index contributed by atoms with van der Waals surface area (Å²) in [4.78, 5) is 74.9. The molecule has 0 aromatic heterocycles. The van der Waals surface area contributed by atoms with Gasteiger partial charge in [0.25, 0.3) is 23.2 Å². The minimum atomic E-state index is -6.24. The van der Waals surface area contributed by atoms with Crippen molar-refractivity contribution in [3.05, 3.63) is 79.5 Å². The summed E-state index contributed by atoms with van der Waals surface area (Å²) in [5.41, 5.74) is -15.2. The molecule has 2 heterocycles. The van der Waals surface area contributed by atoms with E-state index in [2.05, 4.69) is 17.8 Å². The monoisotopic (exact) mass is 1010 g/mol. The van der Waals surface area contributed by atoms with Crippen LogP contribution in [-0.2, 0) is 47.7 Å². The van der Waals surface area contributed by atoms with E-state index >= 15 is 0 Å². The van der Waals surface area contributed by atoms with Gasteiger partial charge in [0.05, 0.1) is 63.6 Å². The van der Waals surface area contributed by atoms with Crippen LogP contribution < -0.4 is 18.9 Å². The van der Waals surface area contributed by atoms with Crippen molar-refractivity contribution in [1.29, 1.82) is 0 Å². The second kappa shape index (κ2) is 20.6. The number of hydrogen-bond donors (Lipinski definition) is 0. The first-order valence-electron chi connectivity index (χ1n) is 18.3. The molecule has 32 heteroatoms. The van der Waals surface area contributed by atoms with Gasteiger partial charge in [-0.1, -0.05) is 0 Å². The van der Waals surface area contributed by atoms with Crippen LogP contribution in [0.4, 0.5) is 37.7 Å². The highest BCUT2D eigenvalue weighted by atomic mass is 32.2. The van der Waals surface area contributed by atoms with E-state index in [9.17, 15) is 82.6 Å². The lowest BCUT2D eigenvalue weighted by atomic mass is 10.1. The molecule has 0 bridgehead atoms. The number of ether oxygens (including phenoxy) is 6. The second-order valence-corrected chi connectivity index (χ2v) is 16.5. The molecule has 2 aromatic rings. The maximum Gasteiger partial charge on any atom is 0.534 e. The van der Waals surface area contributed by atoms with Crippen molar-refractivity contribution in [3.8, 4) is 23.0 Å². The van der Waals surface area contributed by atoms with Crippen molar-refractivity contribution < 1.29 is 109 Å². The third-order valence-electron chi connectivity index (χ3n) is 9.16. The molecule has 0 saturated heterocycles. The fraction of sp³-hybridized carbons (Fsp3) is 0.429. The maximum atomic E-state index is 13.6. The number of carbonyl (C=O) groups excluding carboxylic acids is 4. The summed E-state index contributed by atoms with van der Waals surface area (Å²) < 4.78 is 163. The van der Waals surface area contributed by atoms with Crippen molar-refractivity contribution >= 4 is 55.4 Å². The van der Waals surface area contributed by atoms with Crippen LogP contribution in [0.5, 0.6) is 23.0 Å². The second-order valence-electron chi connectivity index (χ2n) is 13.4. The van der Waals surface area contributed by atoms with Crippen LogP contribution in [-0.4, -0.2) is 125 Å². The molecule has 0 fully saturated rings. The molecule has 2 aliphatic rings. The Bertz CT molecular complexity index is 2430. The summed E-state index contributed by atoms with van der Waals surface area (Å²) in [5.74, 6) is -8.34. The molecule has 67 heavy (non-hydrogen) atoms. The number of unbranched alkanes of at least 4 members (excludes halogenated alkanes) is 2. The van der Waals surface area contributed by atoms with E-state index in [4.69, 9.17) is 18.9 Å². The summed E-state index contributed by atoms with van der Waals surface area (Å²) in [5, 5.41) is 24.2. The molecule has 0 spiro atoms. The quantitative estimate of drug-likeness (QED) is 0.0339. The smallest absolute Gasteiger partial charge is 0.493 e. The average molecular weight is 1010 g/mol. The first-order valence-corrected chi connectivity index (χ1v) is 21.2. The van der Waals surface area contributed by atoms with Gasteiger partial charge in [0, 0.05) is 37.4 Å². The predicted molar refractivity (Wildman–Crippen MR) is 206 cm³/mol. The van der Waals surface area contributed by atoms with Crippen LogP contribution >= 0.6 is 0 Å². The Labute approximate surface area is 373 Å². The van der Waals surface area contributed by atoms with Crippen LogP contribution in [0.1, 0.15) is 52.8 Å². The Hall–Kier alpha value is -7.12. The maximum absolute atomic E-state index is 13.6. The number of rotatable bonds is 20. The van der Waals surface area contributed by atoms with Gasteiger partial charge in [-0.05, 0) is 19.3 Å². The van der Waals surface area contributed by atoms with Gasteiger partial charge in [0.15, 0.2) is 23.0 Å². The highest BCUT2D eigenvalue weighted by Gasteiger charge is 2.52. The topological polar surface area (TPSA) is 303 Å². The van der Waals surface area contributed by atoms with Gasteiger partial charge in [-0.15, -0.1) is 0 Å². The Morgan fingerprint density at radius 3 is 1.24 bits per heavy atom. The molecule has 0 aliphatic carbocycles. The van der Waals surface area contributed by atoms with E-state index in [0.29, 0.717) is 22.2 Å². The zero-order valence-corrected chi connectivity index (χ0v) is 36.2. The van der Waals surface area contributed by atoms with E-state index in [1.54, 1.807) is 0 Å². The summed E-state index contributed by atoms with van der Waals surface area (Å²) in [6.07, 6.45) is -0.247. The molecule has 0 radical (unpaired) electrons. The van der Waals surface area contributed by atoms with Crippen molar-refractivity contribution in [3.63, 3.8) is 0 Å². The number of halogens is 6. The Kier molecular flexibility index (Phi) is 16.1. The lowest BCUT2D eigenvalue weighted by Gasteiger charge is -2.21. The Morgan fingerprint density at radius 1 is 0.612 bits per heavy atom. The standard InChI is InChI=1S/C35H34F6N4O20S2/c1-58-26-12-20(30(46)42-16-18(10-24(42)32(48)60-3)64-66(54,55)34(36,37)38)22(44(50)51)14-28(26)62-8-6-5-7-9-63-29-15-23(45(52)53)21(13-27(29)59-2)31(47)43-17-19(11-25(43)33(49)61-4)65-67(56,57)35(39,40)41/h12-17,24-25H,5-11H2,1-4H3. The molecule has 0 saturated carbocycles. The summed E-state index contributed by atoms with van der Waals surface area (Å²) >= 11 is 0. The van der Waals surface area contributed by atoms with Crippen LogP contribution in [0.15, 0.2) is 48.2 Å². The molecule has 24 nitrogen and oxygen atoms in total. The zero-order valence-electron chi connectivity index (χ0n) is 34.6. The number of esters is 2. The first-order chi connectivity index (χ1) is 31.1. The molecular formula is C35H34F6N4O20S2. The molecule has 2 unspecified atom stereocenters. The highest BCUT2D eigenvalue weighted by molar-refractivity contribution is 7.88. The van der Waals surface area contributed by atoms with Crippen LogP contribution in [0.3, 0.4) is 0 Å². The molecule has 2 aromatic carbocycles.